The number of carbonyl (C=O) groups is 1. The predicted molar refractivity (Wildman–Crippen MR) is 119 cm³/mol. The van der Waals surface area contributed by atoms with Crippen LogP contribution in [0.25, 0.3) is 0 Å². The molecule has 2 unspecified atom stereocenters. The number of fused-ring (bicyclic) bond motifs is 5. The number of ketones is 1. The van der Waals surface area contributed by atoms with Crippen LogP contribution in [0.3, 0.4) is 0 Å². The van der Waals surface area contributed by atoms with E-state index in [1.165, 1.54) is 51.4 Å². The molecule has 4 aliphatic carbocycles. The van der Waals surface area contributed by atoms with E-state index in [1.807, 2.05) is 0 Å². The molecule has 0 saturated heterocycles. The van der Waals surface area contributed by atoms with Crippen LogP contribution in [-0.2, 0) is 4.79 Å². The van der Waals surface area contributed by atoms with Gasteiger partial charge in [0, 0.05) is 5.92 Å². The standard InChI is InChI=1S/C27H44O2/c1-17(2)7-6-8-18(3)20-11-12-21-19-9-10-23-25(29)24(28)14-16-27(23,5)22(19)13-15-26(20,21)4/h14,16-23,25,29H,6-13,15H2,1-5H3/t18-,19+,20-,21+,22+,23?,25?,26-,27-/m1/s1. The van der Waals surface area contributed by atoms with E-state index in [0.717, 1.165) is 36.0 Å². The Morgan fingerprint density at radius 1 is 1.00 bits per heavy atom. The van der Waals surface area contributed by atoms with Gasteiger partial charge in [-0.15, -0.1) is 0 Å². The molecule has 0 aromatic carbocycles. The lowest BCUT2D eigenvalue weighted by atomic mass is 9.45. The Hall–Kier alpha value is -0.630. The number of aliphatic hydroxyl groups is 1. The average molecular weight is 401 g/mol. The van der Waals surface area contributed by atoms with Crippen molar-refractivity contribution in [3.63, 3.8) is 0 Å². The summed E-state index contributed by atoms with van der Waals surface area (Å²) in [5.41, 5.74) is 0.521. The van der Waals surface area contributed by atoms with Gasteiger partial charge < -0.3 is 5.11 Å². The summed E-state index contributed by atoms with van der Waals surface area (Å²) < 4.78 is 0. The van der Waals surface area contributed by atoms with E-state index in [-0.39, 0.29) is 17.1 Å². The molecule has 0 heterocycles. The Balaban J connectivity index is 1.51. The fourth-order valence-electron chi connectivity index (χ4n) is 8.75. The summed E-state index contributed by atoms with van der Waals surface area (Å²) in [6.45, 7) is 12.2. The molecule has 4 rings (SSSR count). The molecule has 2 heteroatoms. The quantitative estimate of drug-likeness (QED) is 0.578. The molecule has 29 heavy (non-hydrogen) atoms. The third-order valence-corrected chi connectivity index (χ3v) is 10.3. The summed E-state index contributed by atoms with van der Waals surface area (Å²) in [6, 6.07) is 0. The minimum absolute atomic E-state index is 0.0124. The molecular formula is C27H44O2. The molecular weight excluding hydrogens is 356 g/mol. The molecule has 0 aromatic heterocycles. The highest BCUT2D eigenvalue weighted by Crippen LogP contribution is 2.67. The summed E-state index contributed by atoms with van der Waals surface area (Å²) in [4.78, 5) is 12.1. The molecule has 0 spiro atoms. The van der Waals surface area contributed by atoms with Gasteiger partial charge in [-0.3, -0.25) is 4.79 Å². The smallest absolute Gasteiger partial charge is 0.184 e. The van der Waals surface area contributed by atoms with Crippen LogP contribution in [0, 0.1) is 52.3 Å². The Labute approximate surface area is 178 Å². The van der Waals surface area contributed by atoms with Crippen molar-refractivity contribution in [2.24, 2.45) is 52.3 Å². The van der Waals surface area contributed by atoms with E-state index >= 15 is 0 Å². The van der Waals surface area contributed by atoms with Crippen LogP contribution >= 0.6 is 0 Å². The summed E-state index contributed by atoms with van der Waals surface area (Å²) >= 11 is 0. The van der Waals surface area contributed by atoms with Crippen molar-refractivity contribution >= 4 is 5.78 Å². The molecule has 3 saturated carbocycles. The number of rotatable bonds is 5. The van der Waals surface area contributed by atoms with Gasteiger partial charge in [-0.05, 0) is 90.9 Å². The minimum Gasteiger partial charge on any atom is -0.385 e. The topological polar surface area (TPSA) is 37.3 Å². The number of carbonyl (C=O) groups excluding carboxylic acids is 1. The molecule has 0 bridgehead atoms. The fourth-order valence-corrected chi connectivity index (χ4v) is 8.75. The molecule has 0 radical (unpaired) electrons. The maximum Gasteiger partial charge on any atom is 0.184 e. The summed E-state index contributed by atoms with van der Waals surface area (Å²) in [5, 5.41) is 10.6. The lowest BCUT2D eigenvalue weighted by Gasteiger charge is -2.60. The van der Waals surface area contributed by atoms with Crippen molar-refractivity contribution in [2.75, 3.05) is 0 Å². The zero-order chi connectivity index (χ0) is 21.0. The molecule has 3 fully saturated rings. The van der Waals surface area contributed by atoms with Crippen molar-refractivity contribution in [3.8, 4) is 0 Å². The normalized spacial score (nSPS) is 47.6. The van der Waals surface area contributed by atoms with Gasteiger partial charge >= 0.3 is 0 Å². The van der Waals surface area contributed by atoms with E-state index in [0.29, 0.717) is 11.3 Å². The van der Waals surface area contributed by atoms with E-state index < -0.39 is 6.10 Å². The molecule has 9 atom stereocenters. The summed E-state index contributed by atoms with van der Waals surface area (Å²) in [7, 11) is 0. The first-order valence-electron chi connectivity index (χ1n) is 12.6. The molecule has 0 aliphatic heterocycles. The van der Waals surface area contributed by atoms with Gasteiger partial charge in [0.25, 0.3) is 0 Å². The highest BCUT2D eigenvalue weighted by atomic mass is 16.3. The van der Waals surface area contributed by atoms with Crippen LogP contribution in [-0.4, -0.2) is 17.0 Å². The number of hydrogen-bond donors (Lipinski definition) is 1. The largest absolute Gasteiger partial charge is 0.385 e. The third kappa shape index (κ3) is 3.46. The van der Waals surface area contributed by atoms with Crippen LogP contribution in [0.2, 0.25) is 0 Å². The second-order valence-corrected chi connectivity index (χ2v) is 12.1. The van der Waals surface area contributed by atoms with Crippen LogP contribution in [0.1, 0.15) is 92.4 Å². The molecule has 0 amide bonds. The summed E-state index contributed by atoms with van der Waals surface area (Å²) in [5.74, 6) is 4.91. The first kappa shape index (κ1) is 21.6. The highest BCUT2D eigenvalue weighted by Gasteiger charge is 2.61. The first-order chi connectivity index (χ1) is 13.7. The van der Waals surface area contributed by atoms with Gasteiger partial charge in [-0.1, -0.05) is 60.0 Å². The fraction of sp³-hybridized carbons (Fsp3) is 0.889. The Morgan fingerprint density at radius 3 is 2.45 bits per heavy atom. The predicted octanol–water partition coefficient (Wildman–Crippen LogP) is 6.42. The maximum absolute atomic E-state index is 12.1. The van der Waals surface area contributed by atoms with Gasteiger partial charge in [-0.25, -0.2) is 0 Å². The second-order valence-electron chi connectivity index (χ2n) is 12.1. The van der Waals surface area contributed by atoms with Crippen molar-refractivity contribution in [1.29, 1.82) is 0 Å². The minimum atomic E-state index is -0.767. The van der Waals surface area contributed by atoms with Crippen LogP contribution in [0.4, 0.5) is 0 Å². The Bertz CT molecular complexity index is 651. The number of hydrogen-bond acceptors (Lipinski definition) is 2. The second kappa shape index (κ2) is 7.81. The zero-order valence-corrected chi connectivity index (χ0v) is 19.5. The Morgan fingerprint density at radius 2 is 1.72 bits per heavy atom. The van der Waals surface area contributed by atoms with Gasteiger partial charge in [0.05, 0.1) is 0 Å². The van der Waals surface area contributed by atoms with Crippen molar-refractivity contribution < 1.29 is 9.90 Å². The average Bonchev–Trinajstić information content (AvgIpc) is 3.02. The third-order valence-electron chi connectivity index (χ3n) is 10.3. The summed E-state index contributed by atoms with van der Waals surface area (Å²) in [6.07, 6.45) is 15.0. The maximum atomic E-state index is 12.1. The number of aliphatic hydroxyl groups excluding tert-OH is 1. The van der Waals surface area contributed by atoms with Crippen LogP contribution in [0.15, 0.2) is 12.2 Å². The van der Waals surface area contributed by atoms with Crippen molar-refractivity contribution in [2.45, 2.75) is 98.5 Å². The van der Waals surface area contributed by atoms with E-state index in [4.69, 9.17) is 0 Å². The van der Waals surface area contributed by atoms with Gasteiger partial charge in [0.1, 0.15) is 6.10 Å². The van der Waals surface area contributed by atoms with Crippen LogP contribution in [0.5, 0.6) is 0 Å². The molecule has 164 valence electrons. The van der Waals surface area contributed by atoms with E-state index in [9.17, 15) is 9.90 Å². The number of allylic oxidation sites excluding steroid dienone is 1. The Kier molecular flexibility index (Phi) is 5.82. The lowest BCUT2D eigenvalue weighted by molar-refractivity contribution is -0.141. The van der Waals surface area contributed by atoms with Crippen molar-refractivity contribution in [3.05, 3.63) is 12.2 Å². The molecule has 0 aromatic rings. The van der Waals surface area contributed by atoms with Gasteiger partial charge in [0.2, 0.25) is 0 Å². The van der Waals surface area contributed by atoms with Gasteiger partial charge in [-0.2, -0.15) is 0 Å². The van der Waals surface area contributed by atoms with Crippen molar-refractivity contribution in [1.82, 2.24) is 0 Å². The molecule has 1 N–H and O–H groups in total. The first-order valence-corrected chi connectivity index (χ1v) is 12.6. The molecule has 4 aliphatic rings. The monoisotopic (exact) mass is 400 g/mol. The lowest BCUT2D eigenvalue weighted by Crippen LogP contribution is -2.56. The van der Waals surface area contributed by atoms with Crippen LogP contribution < -0.4 is 0 Å². The molecule has 2 nitrogen and oxygen atoms in total. The van der Waals surface area contributed by atoms with E-state index in [1.54, 1.807) is 6.08 Å². The zero-order valence-electron chi connectivity index (χ0n) is 19.5. The van der Waals surface area contributed by atoms with Gasteiger partial charge in [0.15, 0.2) is 5.78 Å². The van der Waals surface area contributed by atoms with E-state index in [2.05, 4.69) is 40.7 Å². The SMILES string of the molecule is CC(C)CCC[C@@H](C)[C@H]1CC[C@H]2[C@@H]3CCC4C(O)C(=O)C=C[C@]4(C)[C@H]3CC[C@]12C. The highest BCUT2D eigenvalue weighted by molar-refractivity contribution is 5.94.